The number of hydrogen-bond acceptors (Lipinski definition) is 4. The van der Waals surface area contributed by atoms with Gasteiger partial charge in [0.1, 0.15) is 5.69 Å². The number of amides is 4. The first-order valence-electron chi connectivity index (χ1n) is 11.7. The molecule has 3 heterocycles. The highest BCUT2D eigenvalue weighted by atomic mass is 16.2. The van der Waals surface area contributed by atoms with Crippen molar-refractivity contribution in [2.45, 2.75) is 19.9 Å². The molecule has 1 N–H and O–H groups in total. The molecule has 9 heteroatoms. The Bertz CT molecular complexity index is 1030. The van der Waals surface area contributed by atoms with E-state index in [0.717, 1.165) is 37.1 Å². The minimum absolute atomic E-state index is 0.0319. The summed E-state index contributed by atoms with van der Waals surface area (Å²) in [7, 11) is 3.46. The lowest BCUT2D eigenvalue weighted by molar-refractivity contribution is 0.0595. The van der Waals surface area contributed by atoms with Gasteiger partial charge >= 0.3 is 6.03 Å². The maximum Gasteiger partial charge on any atom is 0.319 e. The van der Waals surface area contributed by atoms with Crippen LogP contribution in [0.15, 0.2) is 24.3 Å². The largest absolute Gasteiger partial charge is 0.351 e. The number of aromatic amines is 1. The van der Waals surface area contributed by atoms with Crippen LogP contribution < -0.4 is 0 Å². The Morgan fingerprint density at radius 2 is 1.39 bits per heavy atom. The molecule has 178 valence electrons. The molecule has 1 aromatic heterocycles. The van der Waals surface area contributed by atoms with Crippen molar-refractivity contribution in [2.24, 2.45) is 0 Å². The molecule has 9 nitrogen and oxygen atoms in total. The molecule has 0 spiro atoms. The zero-order valence-electron chi connectivity index (χ0n) is 20.0. The van der Waals surface area contributed by atoms with Gasteiger partial charge < -0.3 is 24.6 Å². The number of carbonyl (C=O) groups is 3. The zero-order chi connectivity index (χ0) is 23.7. The third kappa shape index (κ3) is 4.83. The molecule has 33 heavy (non-hydrogen) atoms. The third-order valence-electron chi connectivity index (χ3n) is 6.65. The Balaban J connectivity index is 1.41. The Labute approximate surface area is 194 Å². The van der Waals surface area contributed by atoms with E-state index in [1.165, 1.54) is 0 Å². The van der Waals surface area contributed by atoms with Crippen molar-refractivity contribution in [3.63, 3.8) is 0 Å². The second-order valence-electron chi connectivity index (χ2n) is 9.36. The molecule has 0 atom stereocenters. The lowest BCUT2D eigenvalue weighted by Crippen LogP contribution is -2.52. The Morgan fingerprint density at radius 3 is 2.00 bits per heavy atom. The van der Waals surface area contributed by atoms with E-state index < -0.39 is 0 Å². The maximum absolute atomic E-state index is 13.0. The zero-order valence-corrected chi connectivity index (χ0v) is 20.0. The summed E-state index contributed by atoms with van der Waals surface area (Å²) < 4.78 is 0. The summed E-state index contributed by atoms with van der Waals surface area (Å²) in [6.45, 7) is 9.64. The standard InChI is InChI=1S/C24H34N6O3/c1-17(2)27-7-9-28(10-8-27)22(31)18-5-6-20-19(15-18)16-21(25-20)23(32)29-11-13-30(14-12-29)24(33)26(3)4/h5-6,15-17,25H,7-14H2,1-4H3. The molecule has 1 aromatic carbocycles. The first-order chi connectivity index (χ1) is 15.7. The predicted molar refractivity (Wildman–Crippen MR) is 127 cm³/mol. The van der Waals surface area contributed by atoms with E-state index in [0.29, 0.717) is 43.5 Å². The Morgan fingerprint density at radius 1 is 0.818 bits per heavy atom. The number of benzene rings is 1. The van der Waals surface area contributed by atoms with Crippen molar-refractivity contribution in [2.75, 3.05) is 66.5 Å². The van der Waals surface area contributed by atoms with Crippen LogP contribution in [0, 0.1) is 0 Å². The monoisotopic (exact) mass is 454 g/mol. The predicted octanol–water partition coefficient (Wildman–Crippen LogP) is 1.77. The molecule has 2 aromatic rings. The van der Waals surface area contributed by atoms with Gasteiger partial charge in [-0.05, 0) is 38.1 Å². The summed E-state index contributed by atoms with van der Waals surface area (Å²) >= 11 is 0. The van der Waals surface area contributed by atoms with Gasteiger partial charge in [-0.15, -0.1) is 0 Å². The van der Waals surface area contributed by atoms with Gasteiger partial charge in [-0.3, -0.25) is 14.5 Å². The van der Waals surface area contributed by atoms with Gasteiger partial charge in [-0.25, -0.2) is 4.79 Å². The van der Waals surface area contributed by atoms with Crippen molar-refractivity contribution >= 4 is 28.7 Å². The summed E-state index contributed by atoms with van der Waals surface area (Å²) in [5.74, 6) is -0.0445. The summed E-state index contributed by atoms with van der Waals surface area (Å²) in [6, 6.07) is 7.85. The van der Waals surface area contributed by atoms with E-state index in [9.17, 15) is 14.4 Å². The van der Waals surface area contributed by atoms with Crippen LogP contribution in [-0.4, -0.2) is 120 Å². The van der Waals surface area contributed by atoms with E-state index >= 15 is 0 Å². The van der Waals surface area contributed by atoms with Crippen LogP contribution in [0.25, 0.3) is 10.9 Å². The van der Waals surface area contributed by atoms with Crippen LogP contribution in [0.1, 0.15) is 34.7 Å². The number of aromatic nitrogens is 1. The topological polar surface area (TPSA) is 83.2 Å². The van der Waals surface area contributed by atoms with Crippen molar-refractivity contribution in [3.05, 3.63) is 35.5 Å². The van der Waals surface area contributed by atoms with Gasteiger partial charge in [0, 0.05) is 89.0 Å². The van der Waals surface area contributed by atoms with Gasteiger partial charge in [0.25, 0.3) is 11.8 Å². The van der Waals surface area contributed by atoms with Gasteiger partial charge in [-0.1, -0.05) is 0 Å². The number of fused-ring (bicyclic) bond motifs is 1. The minimum Gasteiger partial charge on any atom is -0.351 e. The fraction of sp³-hybridized carbons (Fsp3) is 0.542. The molecule has 4 rings (SSSR count). The number of urea groups is 1. The van der Waals surface area contributed by atoms with Crippen LogP contribution in [0.5, 0.6) is 0 Å². The van der Waals surface area contributed by atoms with Crippen LogP contribution in [0.3, 0.4) is 0 Å². The average Bonchev–Trinajstić information content (AvgIpc) is 3.26. The minimum atomic E-state index is -0.0826. The highest BCUT2D eigenvalue weighted by Crippen LogP contribution is 2.21. The molecule has 0 bridgehead atoms. The first kappa shape index (κ1) is 23.1. The van der Waals surface area contributed by atoms with E-state index in [-0.39, 0.29) is 17.8 Å². The second-order valence-corrected chi connectivity index (χ2v) is 9.36. The van der Waals surface area contributed by atoms with Gasteiger partial charge in [0.2, 0.25) is 0 Å². The normalized spacial score (nSPS) is 17.7. The molecule has 2 saturated heterocycles. The lowest BCUT2D eigenvalue weighted by atomic mass is 10.1. The van der Waals surface area contributed by atoms with Gasteiger partial charge in [0.05, 0.1) is 0 Å². The number of hydrogen-bond donors (Lipinski definition) is 1. The first-order valence-corrected chi connectivity index (χ1v) is 11.7. The molecule has 2 aliphatic rings. The average molecular weight is 455 g/mol. The van der Waals surface area contributed by atoms with Crippen molar-refractivity contribution < 1.29 is 14.4 Å². The Kier molecular flexibility index (Phi) is 6.60. The van der Waals surface area contributed by atoms with Gasteiger partial charge in [-0.2, -0.15) is 0 Å². The molecule has 0 radical (unpaired) electrons. The number of H-pyrrole nitrogens is 1. The molecule has 4 amide bonds. The van der Waals surface area contributed by atoms with Crippen molar-refractivity contribution in [1.29, 1.82) is 0 Å². The Hall–Kier alpha value is -3.07. The summed E-state index contributed by atoms with van der Waals surface area (Å²) in [6.07, 6.45) is 0. The maximum atomic E-state index is 13.0. The van der Waals surface area contributed by atoms with Gasteiger partial charge in [0.15, 0.2) is 0 Å². The van der Waals surface area contributed by atoms with Crippen molar-refractivity contribution in [3.8, 4) is 0 Å². The van der Waals surface area contributed by atoms with Crippen molar-refractivity contribution in [1.82, 2.24) is 29.5 Å². The van der Waals surface area contributed by atoms with Crippen LogP contribution in [-0.2, 0) is 0 Å². The molecule has 0 unspecified atom stereocenters. The fourth-order valence-corrected chi connectivity index (χ4v) is 4.56. The molecule has 2 fully saturated rings. The highest BCUT2D eigenvalue weighted by Gasteiger charge is 2.27. The molecule has 0 aliphatic carbocycles. The summed E-state index contributed by atoms with van der Waals surface area (Å²) in [5.41, 5.74) is 1.99. The quantitative estimate of drug-likeness (QED) is 0.766. The lowest BCUT2D eigenvalue weighted by Gasteiger charge is -2.37. The number of piperazine rings is 2. The number of rotatable bonds is 3. The smallest absolute Gasteiger partial charge is 0.319 e. The molecular weight excluding hydrogens is 420 g/mol. The van der Waals surface area contributed by atoms with E-state index in [1.54, 1.807) is 28.8 Å². The number of nitrogens with zero attached hydrogens (tertiary/aromatic N) is 5. The second kappa shape index (κ2) is 9.43. The number of carbonyl (C=O) groups excluding carboxylic acids is 3. The van der Waals surface area contributed by atoms with Crippen LogP contribution in [0.4, 0.5) is 4.79 Å². The number of nitrogens with one attached hydrogen (secondary N) is 1. The third-order valence-corrected chi connectivity index (χ3v) is 6.65. The van der Waals surface area contributed by atoms with Crippen LogP contribution in [0.2, 0.25) is 0 Å². The van der Waals surface area contributed by atoms with E-state index in [2.05, 4.69) is 23.7 Å². The van der Waals surface area contributed by atoms with Crippen LogP contribution >= 0.6 is 0 Å². The fourth-order valence-electron chi connectivity index (χ4n) is 4.56. The molecule has 2 aliphatic heterocycles. The SMILES string of the molecule is CC(C)N1CCN(C(=O)c2ccc3[nH]c(C(=O)N4CCN(C(=O)N(C)C)CC4)cc3c2)CC1. The van der Waals surface area contributed by atoms with E-state index in [1.807, 2.05) is 29.2 Å². The summed E-state index contributed by atoms with van der Waals surface area (Å²) in [4.78, 5) is 50.7. The van der Waals surface area contributed by atoms with E-state index in [4.69, 9.17) is 0 Å². The highest BCUT2D eigenvalue weighted by molar-refractivity contribution is 6.01. The summed E-state index contributed by atoms with van der Waals surface area (Å²) in [5, 5.41) is 0.853. The molecule has 0 saturated carbocycles. The molecular formula is C24H34N6O3.